The van der Waals surface area contributed by atoms with Crippen molar-refractivity contribution in [3.63, 3.8) is 0 Å². The summed E-state index contributed by atoms with van der Waals surface area (Å²) in [6.07, 6.45) is 3.50. The molecule has 2 unspecified atom stereocenters. The minimum Gasteiger partial charge on any atom is -0.392 e. The van der Waals surface area contributed by atoms with Crippen LogP contribution in [0, 0.1) is 0 Å². The van der Waals surface area contributed by atoms with Gasteiger partial charge in [0.25, 0.3) is 5.56 Å². The van der Waals surface area contributed by atoms with Crippen LogP contribution in [0.5, 0.6) is 0 Å². The van der Waals surface area contributed by atoms with Gasteiger partial charge in [-0.25, -0.2) is 4.98 Å². The van der Waals surface area contributed by atoms with Crippen LogP contribution in [0.1, 0.15) is 20.3 Å². The SMILES string of the molecule is CCCn1ccnc(NCC(N)C(C)O)c1=O. The zero-order valence-electron chi connectivity index (χ0n) is 10.3. The molecule has 17 heavy (non-hydrogen) atoms. The maximum atomic E-state index is 11.9. The normalized spacial score (nSPS) is 14.4. The number of rotatable bonds is 6. The molecule has 0 aliphatic heterocycles. The first kappa shape index (κ1) is 13.7. The Labute approximate surface area is 100 Å². The number of anilines is 1. The van der Waals surface area contributed by atoms with Crippen molar-refractivity contribution in [2.24, 2.45) is 5.73 Å². The maximum Gasteiger partial charge on any atom is 0.293 e. The van der Waals surface area contributed by atoms with Gasteiger partial charge in [-0.05, 0) is 13.3 Å². The molecule has 0 aromatic carbocycles. The third-order valence-corrected chi connectivity index (χ3v) is 2.50. The monoisotopic (exact) mass is 240 g/mol. The molecule has 0 amide bonds. The predicted octanol–water partition coefficient (Wildman–Crippen LogP) is -0.227. The number of aliphatic hydroxyl groups is 1. The van der Waals surface area contributed by atoms with Crippen molar-refractivity contribution in [1.29, 1.82) is 0 Å². The van der Waals surface area contributed by atoms with E-state index in [9.17, 15) is 9.90 Å². The third-order valence-electron chi connectivity index (χ3n) is 2.50. The quantitative estimate of drug-likeness (QED) is 0.639. The first-order valence-corrected chi connectivity index (χ1v) is 5.79. The van der Waals surface area contributed by atoms with Gasteiger partial charge in [0.15, 0.2) is 5.82 Å². The highest BCUT2D eigenvalue weighted by Crippen LogP contribution is 1.96. The van der Waals surface area contributed by atoms with E-state index in [1.54, 1.807) is 23.9 Å². The van der Waals surface area contributed by atoms with Gasteiger partial charge in [0.05, 0.1) is 6.10 Å². The van der Waals surface area contributed by atoms with Gasteiger partial charge in [-0.1, -0.05) is 6.92 Å². The highest BCUT2D eigenvalue weighted by atomic mass is 16.3. The Morgan fingerprint density at radius 3 is 2.94 bits per heavy atom. The zero-order valence-corrected chi connectivity index (χ0v) is 10.3. The molecular formula is C11H20N4O2. The molecule has 0 fully saturated rings. The van der Waals surface area contributed by atoms with E-state index >= 15 is 0 Å². The Morgan fingerprint density at radius 2 is 2.35 bits per heavy atom. The summed E-state index contributed by atoms with van der Waals surface area (Å²) < 4.78 is 1.60. The van der Waals surface area contributed by atoms with Crippen LogP contribution >= 0.6 is 0 Å². The van der Waals surface area contributed by atoms with Crippen LogP contribution in [-0.4, -0.2) is 33.3 Å². The highest BCUT2D eigenvalue weighted by Gasteiger charge is 2.10. The van der Waals surface area contributed by atoms with Gasteiger partial charge in [0.2, 0.25) is 0 Å². The van der Waals surface area contributed by atoms with Crippen LogP contribution in [0.25, 0.3) is 0 Å². The number of aliphatic hydroxyl groups excluding tert-OH is 1. The van der Waals surface area contributed by atoms with Crippen LogP contribution in [0.3, 0.4) is 0 Å². The molecule has 0 saturated carbocycles. The fourth-order valence-corrected chi connectivity index (χ4v) is 1.37. The summed E-state index contributed by atoms with van der Waals surface area (Å²) in [6, 6.07) is -0.420. The Balaban J connectivity index is 2.72. The average molecular weight is 240 g/mol. The minimum atomic E-state index is -0.621. The molecule has 6 heteroatoms. The lowest BCUT2D eigenvalue weighted by Gasteiger charge is -2.15. The number of aromatic nitrogens is 2. The number of nitrogens with one attached hydrogen (secondary N) is 1. The van der Waals surface area contributed by atoms with Gasteiger partial charge in [-0.15, -0.1) is 0 Å². The topological polar surface area (TPSA) is 93.2 Å². The Hall–Kier alpha value is -1.40. The lowest BCUT2D eigenvalue weighted by molar-refractivity contribution is 0.168. The van der Waals surface area contributed by atoms with Crippen molar-refractivity contribution in [3.05, 3.63) is 22.7 Å². The van der Waals surface area contributed by atoms with E-state index in [1.807, 2.05) is 6.92 Å². The second-order valence-corrected chi connectivity index (χ2v) is 4.06. The lowest BCUT2D eigenvalue weighted by Crippen LogP contribution is -2.40. The number of hydrogen-bond donors (Lipinski definition) is 3. The molecule has 6 nitrogen and oxygen atoms in total. The molecule has 1 heterocycles. The standard InChI is InChI=1S/C11H20N4O2/c1-3-5-15-6-4-13-10(11(15)17)14-7-9(12)8(2)16/h4,6,8-9,16H,3,5,7,12H2,1-2H3,(H,13,14). The number of nitrogens with two attached hydrogens (primary N) is 1. The predicted molar refractivity (Wildman–Crippen MR) is 66.9 cm³/mol. The molecule has 0 aliphatic carbocycles. The molecule has 2 atom stereocenters. The fraction of sp³-hybridized carbons (Fsp3) is 0.636. The van der Waals surface area contributed by atoms with Crippen LogP contribution in [0.15, 0.2) is 17.2 Å². The molecule has 0 radical (unpaired) electrons. The van der Waals surface area contributed by atoms with Crippen molar-refractivity contribution in [2.75, 3.05) is 11.9 Å². The summed E-state index contributed by atoms with van der Waals surface area (Å²) in [4.78, 5) is 15.8. The number of hydrogen-bond acceptors (Lipinski definition) is 5. The summed E-state index contributed by atoms with van der Waals surface area (Å²) >= 11 is 0. The van der Waals surface area contributed by atoms with Gasteiger partial charge < -0.3 is 20.7 Å². The maximum absolute atomic E-state index is 11.9. The largest absolute Gasteiger partial charge is 0.392 e. The zero-order chi connectivity index (χ0) is 12.8. The van der Waals surface area contributed by atoms with E-state index in [4.69, 9.17) is 5.73 Å². The van der Waals surface area contributed by atoms with E-state index in [2.05, 4.69) is 10.3 Å². The first-order chi connectivity index (χ1) is 8.06. The smallest absolute Gasteiger partial charge is 0.293 e. The van der Waals surface area contributed by atoms with Gasteiger partial charge in [0.1, 0.15) is 0 Å². The second kappa shape index (κ2) is 6.36. The van der Waals surface area contributed by atoms with Gasteiger partial charge in [0, 0.05) is 31.5 Å². The Bertz CT molecular complexity index is 403. The molecule has 1 aromatic heterocycles. The summed E-state index contributed by atoms with van der Waals surface area (Å²) in [5.74, 6) is 0.275. The minimum absolute atomic E-state index is 0.160. The molecule has 0 aliphatic rings. The summed E-state index contributed by atoms with van der Waals surface area (Å²) in [5.41, 5.74) is 5.50. The van der Waals surface area contributed by atoms with E-state index in [0.29, 0.717) is 13.1 Å². The van der Waals surface area contributed by atoms with Crippen LogP contribution in [0.2, 0.25) is 0 Å². The van der Waals surface area contributed by atoms with Crippen molar-refractivity contribution >= 4 is 5.82 Å². The Kier molecular flexibility index (Phi) is 5.11. The second-order valence-electron chi connectivity index (χ2n) is 4.06. The molecule has 4 N–H and O–H groups in total. The average Bonchev–Trinajstić information content (AvgIpc) is 2.30. The van der Waals surface area contributed by atoms with Crippen LogP contribution in [0.4, 0.5) is 5.82 Å². The van der Waals surface area contributed by atoms with E-state index in [0.717, 1.165) is 6.42 Å². The van der Waals surface area contributed by atoms with Gasteiger partial charge >= 0.3 is 0 Å². The van der Waals surface area contributed by atoms with Crippen LogP contribution in [-0.2, 0) is 6.54 Å². The van der Waals surface area contributed by atoms with E-state index in [1.165, 1.54) is 0 Å². The fourth-order valence-electron chi connectivity index (χ4n) is 1.37. The van der Waals surface area contributed by atoms with Gasteiger partial charge in [-0.3, -0.25) is 4.79 Å². The van der Waals surface area contributed by atoms with Crippen molar-refractivity contribution in [1.82, 2.24) is 9.55 Å². The third kappa shape index (κ3) is 3.83. The first-order valence-electron chi connectivity index (χ1n) is 5.79. The summed E-state index contributed by atoms with van der Waals surface area (Å²) in [5, 5.41) is 12.1. The summed E-state index contributed by atoms with van der Waals surface area (Å²) in [6.45, 7) is 4.60. The molecule has 0 spiro atoms. The van der Waals surface area contributed by atoms with E-state index < -0.39 is 12.1 Å². The molecule has 0 saturated heterocycles. The number of aryl methyl sites for hydroxylation is 1. The van der Waals surface area contributed by atoms with Crippen molar-refractivity contribution in [2.45, 2.75) is 39.0 Å². The molecule has 1 aromatic rings. The van der Waals surface area contributed by atoms with Gasteiger partial charge in [-0.2, -0.15) is 0 Å². The molecule has 96 valence electrons. The number of nitrogens with zero attached hydrogens (tertiary/aromatic N) is 2. The lowest BCUT2D eigenvalue weighted by atomic mass is 10.2. The summed E-state index contributed by atoms with van der Waals surface area (Å²) in [7, 11) is 0. The molecule has 0 bridgehead atoms. The van der Waals surface area contributed by atoms with Crippen LogP contribution < -0.4 is 16.6 Å². The Morgan fingerprint density at radius 1 is 1.65 bits per heavy atom. The highest BCUT2D eigenvalue weighted by molar-refractivity contribution is 5.31. The van der Waals surface area contributed by atoms with E-state index in [-0.39, 0.29) is 11.4 Å². The molecular weight excluding hydrogens is 220 g/mol. The van der Waals surface area contributed by atoms with Crippen molar-refractivity contribution < 1.29 is 5.11 Å². The van der Waals surface area contributed by atoms with Crippen molar-refractivity contribution in [3.8, 4) is 0 Å². The molecule has 1 rings (SSSR count).